The van der Waals surface area contributed by atoms with Crippen LogP contribution < -0.4 is 10.1 Å². The van der Waals surface area contributed by atoms with Crippen LogP contribution in [0.15, 0.2) is 43.0 Å². The highest BCUT2D eigenvalue weighted by atomic mass is 16.5. The molecule has 0 bridgehead atoms. The molecule has 2 rings (SSSR count). The second-order valence-electron chi connectivity index (χ2n) is 5.25. The summed E-state index contributed by atoms with van der Waals surface area (Å²) in [6.07, 6.45) is 4.71. The summed E-state index contributed by atoms with van der Waals surface area (Å²) in [6.45, 7) is 7.09. The fraction of sp³-hybridized carbons (Fsp3) is 0.167. The second kappa shape index (κ2) is 7.48. The molecule has 0 spiro atoms. The zero-order valence-corrected chi connectivity index (χ0v) is 13.7. The number of phenols is 1. The Labute approximate surface area is 144 Å². The topological polar surface area (TPSA) is 95.9 Å². The Kier molecular flexibility index (Phi) is 5.38. The van der Waals surface area contributed by atoms with Gasteiger partial charge in [-0.2, -0.15) is 0 Å². The number of methoxy groups -OCH3 is 1. The lowest BCUT2D eigenvalue weighted by Crippen LogP contribution is -2.54. The summed E-state index contributed by atoms with van der Waals surface area (Å²) in [5, 5.41) is 12.2. The number of carbonyl (C=O) groups is 3. The van der Waals surface area contributed by atoms with Crippen LogP contribution in [0, 0.1) is 0 Å². The number of benzene rings is 1. The Hall–Kier alpha value is -3.35. The van der Waals surface area contributed by atoms with E-state index in [2.05, 4.69) is 18.5 Å². The maximum Gasteiger partial charge on any atom is 0.331 e. The van der Waals surface area contributed by atoms with Crippen LogP contribution in [0.3, 0.4) is 0 Å². The number of barbiturate groups is 1. The summed E-state index contributed by atoms with van der Waals surface area (Å²) in [5.41, 5.74) is 0.806. The van der Waals surface area contributed by atoms with E-state index in [1.807, 2.05) is 0 Å². The number of urea groups is 1. The monoisotopic (exact) mass is 342 g/mol. The molecule has 0 atom stereocenters. The number of ether oxygens (including phenoxy) is 1. The first-order chi connectivity index (χ1) is 11.9. The summed E-state index contributed by atoms with van der Waals surface area (Å²) in [4.78, 5) is 37.0. The van der Waals surface area contributed by atoms with Gasteiger partial charge in [0.2, 0.25) is 0 Å². The standard InChI is InChI=1S/C18H18N2O5/c1-4-6-12-8-11(10-14(25-3)15(12)21)9-13-16(22)19-18(24)20(7-5-2)17(13)23/h4-5,8-10,21H,1-2,6-7H2,3H3,(H,19,22,24)/b13-9+. The van der Waals surface area contributed by atoms with Gasteiger partial charge in [-0.25, -0.2) is 4.79 Å². The molecule has 7 nitrogen and oxygen atoms in total. The van der Waals surface area contributed by atoms with Gasteiger partial charge in [0.1, 0.15) is 5.57 Å². The van der Waals surface area contributed by atoms with Crippen molar-refractivity contribution >= 4 is 23.9 Å². The van der Waals surface area contributed by atoms with Crippen molar-refractivity contribution in [3.8, 4) is 11.5 Å². The number of rotatable bonds is 6. The summed E-state index contributed by atoms with van der Waals surface area (Å²) in [5.74, 6) is -1.33. The lowest BCUT2D eigenvalue weighted by molar-refractivity contribution is -0.129. The first-order valence-corrected chi connectivity index (χ1v) is 7.43. The number of amides is 4. The first kappa shape index (κ1) is 18.0. The SMILES string of the molecule is C=CCc1cc(/C=C2\C(=O)NC(=O)N(CC=C)C2=O)cc(OC)c1O. The Morgan fingerprint density at radius 2 is 1.96 bits per heavy atom. The van der Waals surface area contributed by atoms with Gasteiger partial charge in [0, 0.05) is 12.1 Å². The number of hydrogen-bond donors (Lipinski definition) is 2. The third kappa shape index (κ3) is 3.60. The Morgan fingerprint density at radius 1 is 1.24 bits per heavy atom. The number of carbonyl (C=O) groups excluding carboxylic acids is 3. The van der Waals surface area contributed by atoms with Crippen molar-refractivity contribution in [3.05, 3.63) is 54.1 Å². The molecule has 25 heavy (non-hydrogen) atoms. The van der Waals surface area contributed by atoms with Crippen LogP contribution in [0.5, 0.6) is 11.5 Å². The van der Waals surface area contributed by atoms with Crippen molar-refractivity contribution in [1.82, 2.24) is 10.2 Å². The summed E-state index contributed by atoms with van der Waals surface area (Å²) in [6, 6.07) is 2.31. The van der Waals surface area contributed by atoms with Gasteiger partial charge in [-0.3, -0.25) is 19.8 Å². The van der Waals surface area contributed by atoms with E-state index in [9.17, 15) is 19.5 Å². The number of allylic oxidation sites excluding steroid dienone is 1. The van der Waals surface area contributed by atoms with E-state index in [-0.39, 0.29) is 23.6 Å². The Morgan fingerprint density at radius 3 is 2.56 bits per heavy atom. The normalized spacial score (nSPS) is 16.0. The largest absolute Gasteiger partial charge is 0.504 e. The molecule has 1 fully saturated rings. The molecule has 1 saturated heterocycles. The van der Waals surface area contributed by atoms with Gasteiger partial charge in [-0.1, -0.05) is 12.2 Å². The number of nitrogens with one attached hydrogen (secondary N) is 1. The van der Waals surface area contributed by atoms with Crippen LogP contribution in [0.1, 0.15) is 11.1 Å². The number of imide groups is 2. The van der Waals surface area contributed by atoms with E-state index in [0.29, 0.717) is 17.5 Å². The van der Waals surface area contributed by atoms with E-state index >= 15 is 0 Å². The zero-order valence-electron chi connectivity index (χ0n) is 13.7. The van der Waals surface area contributed by atoms with Crippen LogP contribution in [0.4, 0.5) is 4.79 Å². The van der Waals surface area contributed by atoms with Crippen LogP contribution in [-0.2, 0) is 16.0 Å². The van der Waals surface area contributed by atoms with E-state index in [0.717, 1.165) is 4.90 Å². The maximum atomic E-state index is 12.4. The van der Waals surface area contributed by atoms with Crippen molar-refractivity contribution in [2.75, 3.05) is 13.7 Å². The predicted molar refractivity (Wildman–Crippen MR) is 92.0 cm³/mol. The molecule has 1 aliphatic heterocycles. The van der Waals surface area contributed by atoms with Gasteiger partial charge in [0.25, 0.3) is 11.8 Å². The molecule has 0 radical (unpaired) electrons. The average Bonchev–Trinajstić information content (AvgIpc) is 2.58. The van der Waals surface area contributed by atoms with Crippen molar-refractivity contribution < 1.29 is 24.2 Å². The molecule has 4 amide bonds. The first-order valence-electron chi connectivity index (χ1n) is 7.43. The van der Waals surface area contributed by atoms with Crippen LogP contribution in [0.2, 0.25) is 0 Å². The minimum Gasteiger partial charge on any atom is -0.504 e. The minimum atomic E-state index is -0.789. The van der Waals surface area contributed by atoms with E-state index in [1.165, 1.54) is 25.3 Å². The third-order valence-electron chi connectivity index (χ3n) is 3.57. The van der Waals surface area contributed by atoms with Gasteiger partial charge < -0.3 is 9.84 Å². The molecule has 1 aromatic carbocycles. The quantitative estimate of drug-likeness (QED) is 0.467. The molecule has 130 valence electrons. The van der Waals surface area contributed by atoms with Crippen LogP contribution >= 0.6 is 0 Å². The highest BCUT2D eigenvalue weighted by Gasteiger charge is 2.34. The molecule has 2 N–H and O–H groups in total. The van der Waals surface area contributed by atoms with Crippen molar-refractivity contribution in [2.24, 2.45) is 0 Å². The lowest BCUT2D eigenvalue weighted by Gasteiger charge is -2.25. The van der Waals surface area contributed by atoms with Crippen LogP contribution in [0.25, 0.3) is 6.08 Å². The Bertz CT molecular complexity index is 795. The van der Waals surface area contributed by atoms with Gasteiger partial charge in [-0.15, -0.1) is 13.2 Å². The number of nitrogens with zero attached hydrogens (tertiary/aromatic N) is 1. The van der Waals surface area contributed by atoms with E-state index in [1.54, 1.807) is 12.1 Å². The van der Waals surface area contributed by atoms with Gasteiger partial charge in [-0.05, 0) is 30.2 Å². The molecular weight excluding hydrogens is 324 g/mol. The highest BCUT2D eigenvalue weighted by molar-refractivity contribution is 6.31. The molecule has 1 aromatic rings. The molecule has 0 aliphatic carbocycles. The zero-order chi connectivity index (χ0) is 18.6. The smallest absolute Gasteiger partial charge is 0.331 e. The van der Waals surface area contributed by atoms with Crippen molar-refractivity contribution in [3.63, 3.8) is 0 Å². The molecule has 1 heterocycles. The minimum absolute atomic E-state index is 0.0180. The van der Waals surface area contributed by atoms with Gasteiger partial charge in [0.05, 0.1) is 7.11 Å². The second-order valence-corrected chi connectivity index (χ2v) is 5.25. The lowest BCUT2D eigenvalue weighted by atomic mass is 10.0. The molecule has 7 heteroatoms. The summed E-state index contributed by atoms with van der Waals surface area (Å²) >= 11 is 0. The Balaban J connectivity index is 2.50. The molecule has 0 aromatic heterocycles. The van der Waals surface area contributed by atoms with Crippen LogP contribution in [-0.4, -0.2) is 41.5 Å². The van der Waals surface area contributed by atoms with Crippen molar-refractivity contribution in [1.29, 1.82) is 0 Å². The number of phenolic OH excluding ortho intramolecular Hbond substituents is 1. The van der Waals surface area contributed by atoms with Crippen molar-refractivity contribution in [2.45, 2.75) is 6.42 Å². The van der Waals surface area contributed by atoms with Gasteiger partial charge >= 0.3 is 6.03 Å². The van der Waals surface area contributed by atoms with E-state index < -0.39 is 17.8 Å². The predicted octanol–water partition coefficient (Wildman–Crippen LogP) is 1.78. The van der Waals surface area contributed by atoms with Gasteiger partial charge in [0.15, 0.2) is 11.5 Å². The molecular formula is C18H18N2O5. The number of aromatic hydroxyl groups is 1. The molecule has 0 unspecified atom stereocenters. The maximum absolute atomic E-state index is 12.4. The summed E-state index contributed by atoms with van der Waals surface area (Å²) < 4.78 is 5.12. The molecule has 1 aliphatic rings. The highest BCUT2D eigenvalue weighted by Crippen LogP contribution is 2.33. The average molecular weight is 342 g/mol. The molecule has 0 saturated carbocycles. The third-order valence-corrected chi connectivity index (χ3v) is 3.57. The summed E-state index contributed by atoms with van der Waals surface area (Å²) in [7, 11) is 1.40. The fourth-order valence-corrected chi connectivity index (χ4v) is 2.39. The fourth-order valence-electron chi connectivity index (χ4n) is 2.39. The number of hydrogen-bond acceptors (Lipinski definition) is 5. The van der Waals surface area contributed by atoms with E-state index in [4.69, 9.17) is 4.74 Å².